The third kappa shape index (κ3) is 7.48. The zero-order valence-electron chi connectivity index (χ0n) is 20.9. The zero-order chi connectivity index (χ0) is 27.2. The first-order valence-electron chi connectivity index (χ1n) is 11.3. The number of benzene rings is 2. The van der Waals surface area contributed by atoms with Gasteiger partial charge in [0.15, 0.2) is 0 Å². The number of aryl methyl sites for hydroxylation is 1. The minimum Gasteiger partial charge on any atom is -0.354 e. The van der Waals surface area contributed by atoms with Gasteiger partial charge in [-0.3, -0.25) is 24.0 Å². The number of hydrogen-bond acceptors (Lipinski definition) is 6. The molecule has 10 nitrogen and oxygen atoms in total. The maximum absolute atomic E-state index is 14.4. The molecule has 0 bridgehead atoms. The summed E-state index contributed by atoms with van der Waals surface area (Å²) in [6.45, 7) is 6.16. The van der Waals surface area contributed by atoms with Crippen LogP contribution in [0.1, 0.15) is 31.9 Å². The number of sulfonamides is 1. The van der Waals surface area contributed by atoms with Gasteiger partial charge in [0.25, 0.3) is 5.69 Å². The molecule has 0 heterocycles. The Morgan fingerprint density at radius 2 is 1.78 bits per heavy atom. The molecule has 0 aliphatic rings. The number of halogens is 1. The molecule has 2 aromatic carbocycles. The number of carbonyl (C=O) groups is 2. The Balaban J connectivity index is 2.47. The molecule has 0 saturated carbocycles. The molecule has 1 atom stereocenters. The van der Waals surface area contributed by atoms with E-state index in [1.165, 1.54) is 37.3 Å². The smallest absolute Gasteiger partial charge is 0.271 e. The Kier molecular flexibility index (Phi) is 9.51. The van der Waals surface area contributed by atoms with Crippen molar-refractivity contribution >= 4 is 33.2 Å². The minimum absolute atomic E-state index is 0.0391. The third-order valence-electron chi connectivity index (χ3n) is 5.50. The maximum atomic E-state index is 14.4. The number of non-ortho nitro benzene ring substituents is 1. The molecule has 2 aromatic rings. The highest BCUT2D eigenvalue weighted by atomic mass is 32.2. The van der Waals surface area contributed by atoms with Crippen LogP contribution >= 0.6 is 0 Å². The molecule has 2 amide bonds. The quantitative estimate of drug-likeness (QED) is 0.357. The summed E-state index contributed by atoms with van der Waals surface area (Å²) in [6, 6.07) is 8.39. The van der Waals surface area contributed by atoms with Gasteiger partial charge < -0.3 is 10.2 Å². The van der Waals surface area contributed by atoms with Crippen LogP contribution in [0.3, 0.4) is 0 Å². The fourth-order valence-electron chi connectivity index (χ4n) is 3.42. The van der Waals surface area contributed by atoms with Crippen LogP contribution in [0.25, 0.3) is 0 Å². The Morgan fingerprint density at radius 3 is 2.33 bits per heavy atom. The number of nitrogens with zero attached hydrogens (tertiary/aromatic N) is 3. The lowest BCUT2D eigenvalue weighted by Crippen LogP contribution is -2.51. The van der Waals surface area contributed by atoms with E-state index in [1.807, 2.05) is 13.8 Å². The van der Waals surface area contributed by atoms with Crippen LogP contribution in [0, 0.1) is 28.8 Å². The second-order valence-corrected chi connectivity index (χ2v) is 10.8. The Morgan fingerprint density at radius 1 is 1.14 bits per heavy atom. The molecule has 36 heavy (non-hydrogen) atoms. The molecular weight excluding hydrogens is 491 g/mol. The summed E-state index contributed by atoms with van der Waals surface area (Å²) in [5, 5.41) is 14.0. The fourth-order valence-corrected chi connectivity index (χ4v) is 4.32. The Labute approximate surface area is 210 Å². The largest absolute Gasteiger partial charge is 0.354 e. The molecule has 0 unspecified atom stereocenters. The van der Waals surface area contributed by atoms with Crippen molar-refractivity contribution in [3.8, 4) is 0 Å². The van der Waals surface area contributed by atoms with Crippen LogP contribution in [-0.2, 0) is 26.2 Å². The standard InChI is InChI=1S/C24H31FN4O6S/c1-16(2)13-26-24(31)18(4)27(14-19-8-6-7-9-21(19)25)23(30)15-28(36(5,34)35)22-12-20(29(32)33)11-10-17(22)3/h6-12,16,18H,13-15H2,1-5H3,(H,26,31)/t18-/m1/s1. The molecule has 0 spiro atoms. The molecule has 196 valence electrons. The van der Waals surface area contributed by atoms with Crippen LogP contribution in [0.2, 0.25) is 0 Å². The first-order chi connectivity index (χ1) is 16.7. The lowest BCUT2D eigenvalue weighted by molar-refractivity contribution is -0.384. The second-order valence-electron chi connectivity index (χ2n) is 8.93. The number of amides is 2. The van der Waals surface area contributed by atoms with Gasteiger partial charge in [-0.1, -0.05) is 38.1 Å². The van der Waals surface area contributed by atoms with Gasteiger partial charge in [-0.25, -0.2) is 12.8 Å². The number of carbonyl (C=O) groups excluding carboxylic acids is 2. The van der Waals surface area contributed by atoms with Gasteiger partial charge in [0.2, 0.25) is 21.8 Å². The number of hydrogen-bond donors (Lipinski definition) is 1. The summed E-state index contributed by atoms with van der Waals surface area (Å²) < 4.78 is 40.5. The number of rotatable bonds is 11. The lowest BCUT2D eigenvalue weighted by Gasteiger charge is -2.32. The topological polar surface area (TPSA) is 130 Å². The number of anilines is 1. The fraction of sp³-hybridized carbons (Fsp3) is 0.417. The van der Waals surface area contributed by atoms with Crippen LogP contribution < -0.4 is 9.62 Å². The number of nitrogens with one attached hydrogen (secondary N) is 1. The van der Waals surface area contributed by atoms with E-state index in [-0.39, 0.29) is 29.4 Å². The Hall–Kier alpha value is -3.54. The van der Waals surface area contributed by atoms with Crippen molar-refractivity contribution < 1.29 is 27.3 Å². The molecule has 0 aromatic heterocycles. The van der Waals surface area contributed by atoms with E-state index in [2.05, 4.69) is 5.32 Å². The maximum Gasteiger partial charge on any atom is 0.271 e. The summed E-state index contributed by atoms with van der Waals surface area (Å²) in [6.07, 6.45) is 0.874. The van der Waals surface area contributed by atoms with Crippen molar-refractivity contribution in [2.75, 3.05) is 23.7 Å². The van der Waals surface area contributed by atoms with Crippen molar-refractivity contribution in [2.45, 2.75) is 40.3 Å². The summed E-state index contributed by atoms with van der Waals surface area (Å²) in [7, 11) is -4.07. The van der Waals surface area contributed by atoms with E-state index in [0.717, 1.165) is 21.5 Å². The molecule has 2 rings (SSSR count). The SMILES string of the molecule is Cc1ccc([N+](=O)[O-])cc1N(CC(=O)N(Cc1ccccc1F)[C@H](C)C(=O)NCC(C)C)S(C)(=O)=O. The van der Waals surface area contributed by atoms with Crippen molar-refractivity contribution in [1.29, 1.82) is 0 Å². The Bertz CT molecular complexity index is 1230. The van der Waals surface area contributed by atoms with Crippen molar-refractivity contribution in [1.82, 2.24) is 10.2 Å². The first kappa shape index (κ1) is 28.7. The van der Waals surface area contributed by atoms with E-state index >= 15 is 0 Å². The second kappa shape index (κ2) is 11.9. The highest BCUT2D eigenvalue weighted by Crippen LogP contribution is 2.28. The van der Waals surface area contributed by atoms with Crippen molar-refractivity contribution in [3.63, 3.8) is 0 Å². The molecule has 0 fully saturated rings. The summed E-state index contributed by atoms with van der Waals surface area (Å²) in [4.78, 5) is 38.0. The van der Waals surface area contributed by atoms with Gasteiger partial charge in [-0.2, -0.15) is 0 Å². The average Bonchev–Trinajstić information content (AvgIpc) is 2.79. The molecule has 12 heteroatoms. The monoisotopic (exact) mass is 522 g/mol. The van der Waals surface area contributed by atoms with E-state index in [9.17, 15) is 32.5 Å². The summed E-state index contributed by atoms with van der Waals surface area (Å²) in [5.41, 5.74) is 0.151. The van der Waals surface area contributed by atoms with Crippen molar-refractivity contribution in [3.05, 3.63) is 69.5 Å². The predicted octanol–water partition coefficient (Wildman–Crippen LogP) is 3.00. The summed E-state index contributed by atoms with van der Waals surface area (Å²) in [5.74, 6) is -1.69. The van der Waals surface area contributed by atoms with Crippen LogP contribution in [0.15, 0.2) is 42.5 Å². The van der Waals surface area contributed by atoms with Gasteiger partial charge in [0.05, 0.1) is 16.9 Å². The van der Waals surface area contributed by atoms with E-state index in [1.54, 1.807) is 13.0 Å². The van der Waals surface area contributed by atoms with Crippen molar-refractivity contribution in [2.24, 2.45) is 5.92 Å². The third-order valence-corrected chi connectivity index (χ3v) is 6.63. The van der Waals surface area contributed by atoms with Crippen LogP contribution in [0.4, 0.5) is 15.8 Å². The van der Waals surface area contributed by atoms with E-state index in [4.69, 9.17) is 0 Å². The summed E-state index contributed by atoms with van der Waals surface area (Å²) >= 11 is 0. The van der Waals surface area contributed by atoms with Gasteiger partial charge in [0, 0.05) is 30.8 Å². The zero-order valence-corrected chi connectivity index (χ0v) is 21.7. The van der Waals surface area contributed by atoms with Gasteiger partial charge in [-0.15, -0.1) is 0 Å². The van der Waals surface area contributed by atoms with E-state index in [0.29, 0.717) is 12.1 Å². The molecule has 1 N–H and O–H groups in total. The highest BCUT2D eigenvalue weighted by Gasteiger charge is 2.31. The highest BCUT2D eigenvalue weighted by molar-refractivity contribution is 7.92. The number of nitro benzene ring substituents is 1. The average molecular weight is 523 g/mol. The van der Waals surface area contributed by atoms with E-state index < -0.39 is 45.2 Å². The van der Waals surface area contributed by atoms with Gasteiger partial charge in [0.1, 0.15) is 18.4 Å². The number of nitro groups is 1. The predicted molar refractivity (Wildman–Crippen MR) is 134 cm³/mol. The molecule has 0 radical (unpaired) electrons. The molecular formula is C24H31FN4O6S. The first-order valence-corrected chi connectivity index (χ1v) is 13.1. The normalized spacial score (nSPS) is 12.2. The molecule has 0 aliphatic heterocycles. The molecule has 0 saturated heterocycles. The van der Waals surface area contributed by atoms with Crippen LogP contribution in [-0.4, -0.2) is 55.4 Å². The van der Waals surface area contributed by atoms with Gasteiger partial charge >= 0.3 is 0 Å². The van der Waals surface area contributed by atoms with Crippen LogP contribution in [0.5, 0.6) is 0 Å². The van der Waals surface area contributed by atoms with Gasteiger partial charge in [-0.05, 0) is 31.4 Å². The lowest BCUT2D eigenvalue weighted by atomic mass is 10.1. The minimum atomic E-state index is -4.07. The molecule has 0 aliphatic carbocycles.